The molecule has 3 heterocycles. The number of rotatable bonds is 7. The molecule has 2 aromatic heterocycles. The number of sulfonamides is 1. The second kappa shape index (κ2) is 8.52. The normalized spacial score (nSPS) is 17.3. The van der Waals surface area contributed by atoms with Crippen molar-refractivity contribution in [2.75, 3.05) is 26.2 Å². The summed E-state index contributed by atoms with van der Waals surface area (Å²) in [7, 11) is -3.71. The van der Waals surface area contributed by atoms with E-state index in [1.807, 2.05) is 0 Å². The molecule has 1 aliphatic heterocycles. The molecule has 1 aliphatic rings. The average molecular weight is 438 g/mol. The van der Waals surface area contributed by atoms with Crippen LogP contribution >= 0.6 is 11.3 Å². The molecular weight excluding hydrogens is 415 g/mol. The highest BCUT2D eigenvalue weighted by molar-refractivity contribution is 7.91. The summed E-state index contributed by atoms with van der Waals surface area (Å²) >= 11 is 0.852. The van der Waals surface area contributed by atoms with Gasteiger partial charge in [-0.3, -0.25) is 0 Å². The molecule has 1 fully saturated rings. The fraction of sp³-hybridized carbons (Fsp3) is 0.588. The van der Waals surface area contributed by atoms with Crippen molar-refractivity contribution in [3.05, 3.63) is 24.0 Å². The van der Waals surface area contributed by atoms with E-state index >= 15 is 0 Å². The first-order valence-electron chi connectivity index (χ1n) is 9.01. The van der Waals surface area contributed by atoms with Gasteiger partial charge in [0.1, 0.15) is 9.90 Å². The molecule has 6 nitrogen and oxygen atoms in total. The number of nitrogens with zero attached hydrogens (tertiary/aromatic N) is 2. The van der Waals surface area contributed by atoms with Gasteiger partial charge in [-0.15, -0.1) is 11.3 Å². The Balaban J connectivity index is 1.54. The standard InChI is InChI=1S/C17H22F3N3O3S2/c1-12-5-9-23(10-6-12)8-2-7-21-28(24,25)16-4-3-14(27-16)13-11-15(26-22-13)17(18,19)20/h3-4,11-12,21H,2,5-10H2,1H3. The Morgan fingerprint density at radius 2 is 2.04 bits per heavy atom. The molecule has 0 aliphatic carbocycles. The molecule has 1 saturated heterocycles. The minimum atomic E-state index is -4.63. The maximum Gasteiger partial charge on any atom is 0.452 e. The third-order valence-electron chi connectivity index (χ3n) is 4.71. The lowest BCUT2D eigenvalue weighted by Gasteiger charge is -2.30. The molecule has 11 heteroatoms. The number of hydrogen-bond acceptors (Lipinski definition) is 6. The van der Waals surface area contributed by atoms with Gasteiger partial charge in [-0.2, -0.15) is 13.2 Å². The van der Waals surface area contributed by atoms with Gasteiger partial charge >= 0.3 is 6.18 Å². The van der Waals surface area contributed by atoms with Crippen LogP contribution in [0.3, 0.4) is 0 Å². The van der Waals surface area contributed by atoms with Crippen LogP contribution in [0.2, 0.25) is 0 Å². The summed E-state index contributed by atoms with van der Waals surface area (Å²) in [6.45, 7) is 5.47. The van der Waals surface area contributed by atoms with Crippen molar-refractivity contribution in [1.29, 1.82) is 0 Å². The van der Waals surface area contributed by atoms with Gasteiger partial charge < -0.3 is 9.42 Å². The maximum absolute atomic E-state index is 12.6. The smallest absolute Gasteiger partial charge is 0.351 e. The fourth-order valence-corrected chi connectivity index (χ4v) is 5.37. The maximum atomic E-state index is 12.6. The molecule has 156 valence electrons. The highest BCUT2D eigenvalue weighted by atomic mass is 32.2. The van der Waals surface area contributed by atoms with Crippen LogP contribution in [-0.2, 0) is 16.2 Å². The summed E-state index contributed by atoms with van der Waals surface area (Å²) in [5.74, 6) is -0.467. The van der Waals surface area contributed by atoms with E-state index in [0.29, 0.717) is 17.8 Å². The second-order valence-corrected chi connectivity index (χ2v) is 10.0. The quantitative estimate of drug-likeness (QED) is 0.667. The van der Waals surface area contributed by atoms with Gasteiger partial charge in [0, 0.05) is 12.6 Å². The van der Waals surface area contributed by atoms with Gasteiger partial charge in [0.15, 0.2) is 0 Å². The predicted octanol–water partition coefficient (Wildman–Crippen LogP) is 3.82. The van der Waals surface area contributed by atoms with Crippen molar-refractivity contribution in [3.8, 4) is 10.6 Å². The molecule has 0 bridgehead atoms. The van der Waals surface area contributed by atoms with Crippen LogP contribution in [0.25, 0.3) is 10.6 Å². The van der Waals surface area contributed by atoms with Crippen molar-refractivity contribution in [2.45, 2.75) is 36.6 Å². The summed E-state index contributed by atoms with van der Waals surface area (Å²) in [5, 5.41) is 3.38. The van der Waals surface area contributed by atoms with Gasteiger partial charge in [-0.05, 0) is 56.9 Å². The molecule has 28 heavy (non-hydrogen) atoms. The molecule has 0 radical (unpaired) electrons. The van der Waals surface area contributed by atoms with E-state index in [0.717, 1.165) is 43.0 Å². The van der Waals surface area contributed by atoms with E-state index in [1.54, 1.807) is 0 Å². The number of halogens is 3. The molecule has 0 aromatic carbocycles. The zero-order chi connectivity index (χ0) is 20.4. The SMILES string of the molecule is CC1CCN(CCCNS(=O)(=O)c2ccc(-c3cc(C(F)(F)F)on3)s2)CC1. The molecule has 0 amide bonds. The first kappa shape index (κ1) is 21.3. The Kier molecular flexibility index (Phi) is 6.47. The van der Waals surface area contributed by atoms with Crippen LogP contribution in [-0.4, -0.2) is 44.7 Å². The first-order chi connectivity index (χ1) is 13.1. The molecule has 3 rings (SSSR count). The third-order valence-corrected chi connectivity index (χ3v) is 7.77. The zero-order valence-corrected chi connectivity index (χ0v) is 17.0. The average Bonchev–Trinajstić information content (AvgIpc) is 3.29. The van der Waals surface area contributed by atoms with Gasteiger partial charge in [-0.1, -0.05) is 12.1 Å². The fourth-order valence-electron chi connectivity index (χ4n) is 2.99. The Morgan fingerprint density at radius 1 is 1.32 bits per heavy atom. The molecule has 0 spiro atoms. The van der Waals surface area contributed by atoms with Crippen LogP contribution in [0, 0.1) is 5.92 Å². The Labute approximate surface area is 165 Å². The van der Waals surface area contributed by atoms with E-state index in [2.05, 4.69) is 26.2 Å². The molecule has 2 aromatic rings. The van der Waals surface area contributed by atoms with Crippen LogP contribution in [0.1, 0.15) is 31.9 Å². The lowest BCUT2D eigenvalue weighted by atomic mass is 9.99. The Bertz CT molecular complexity index is 885. The summed E-state index contributed by atoms with van der Waals surface area (Å²) < 4.78 is 69.5. The van der Waals surface area contributed by atoms with Crippen LogP contribution in [0.5, 0.6) is 0 Å². The van der Waals surface area contributed by atoms with Crippen molar-refractivity contribution in [1.82, 2.24) is 14.8 Å². The van der Waals surface area contributed by atoms with E-state index in [1.165, 1.54) is 25.0 Å². The van der Waals surface area contributed by atoms with Crippen molar-refractivity contribution in [2.24, 2.45) is 5.92 Å². The molecule has 0 unspecified atom stereocenters. The number of piperidine rings is 1. The lowest BCUT2D eigenvalue weighted by molar-refractivity contribution is -0.155. The number of aromatic nitrogens is 1. The summed E-state index contributed by atoms with van der Waals surface area (Å²) in [6.07, 6.45) is -1.60. The number of thiophene rings is 1. The van der Waals surface area contributed by atoms with E-state index in [4.69, 9.17) is 0 Å². The van der Waals surface area contributed by atoms with Gasteiger partial charge in [0.25, 0.3) is 0 Å². The second-order valence-electron chi connectivity index (χ2n) is 6.97. The van der Waals surface area contributed by atoms with Crippen LogP contribution < -0.4 is 4.72 Å². The summed E-state index contributed by atoms with van der Waals surface area (Å²) in [4.78, 5) is 2.63. The minimum Gasteiger partial charge on any atom is -0.351 e. The molecule has 0 saturated carbocycles. The minimum absolute atomic E-state index is 0.0332. The number of alkyl halides is 3. The largest absolute Gasteiger partial charge is 0.452 e. The van der Waals surface area contributed by atoms with Gasteiger partial charge in [0.05, 0.1) is 4.88 Å². The summed E-state index contributed by atoms with van der Waals surface area (Å²) in [6, 6.07) is 3.54. The first-order valence-corrected chi connectivity index (χ1v) is 11.3. The molecule has 1 N–H and O–H groups in total. The van der Waals surface area contributed by atoms with Gasteiger partial charge in [-0.25, -0.2) is 13.1 Å². The number of likely N-dealkylation sites (tertiary alicyclic amines) is 1. The Morgan fingerprint density at radius 3 is 2.68 bits per heavy atom. The van der Waals surface area contributed by atoms with E-state index in [-0.39, 0.29) is 9.90 Å². The number of nitrogens with one attached hydrogen (secondary N) is 1. The van der Waals surface area contributed by atoms with Gasteiger partial charge in [0.2, 0.25) is 15.8 Å². The zero-order valence-electron chi connectivity index (χ0n) is 15.3. The highest BCUT2D eigenvalue weighted by Crippen LogP contribution is 2.35. The molecule has 0 atom stereocenters. The third kappa shape index (κ3) is 5.34. The monoisotopic (exact) mass is 437 g/mol. The topological polar surface area (TPSA) is 75.4 Å². The predicted molar refractivity (Wildman–Crippen MR) is 99.5 cm³/mol. The van der Waals surface area contributed by atoms with Crippen molar-refractivity contribution < 1.29 is 26.1 Å². The summed E-state index contributed by atoms with van der Waals surface area (Å²) in [5.41, 5.74) is -0.0434. The van der Waals surface area contributed by atoms with Crippen LogP contribution in [0.15, 0.2) is 26.9 Å². The van der Waals surface area contributed by atoms with E-state index in [9.17, 15) is 21.6 Å². The van der Waals surface area contributed by atoms with Crippen molar-refractivity contribution >= 4 is 21.4 Å². The van der Waals surface area contributed by atoms with Crippen LogP contribution in [0.4, 0.5) is 13.2 Å². The van der Waals surface area contributed by atoms with E-state index < -0.39 is 22.0 Å². The van der Waals surface area contributed by atoms with Crippen molar-refractivity contribution in [3.63, 3.8) is 0 Å². The number of hydrogen-bond donors (Lipinski definition) is 1. The Hall–Kier alpha value is -1.43. The highest BCUT2D eigenvalue weighted by Gasteiger charge is 2.36. The lowest BCUT2D eigenvalue weighted by Crippen LogP contribution is -2.35. The molecular formula is C17H22F3N3O3S2.